The lowest BCUT2D eigenvalue weighted by molar-refractivity contribution is -0.184. The molecule has 23 heavy (non-hydrogen) atoms. The summed E-state index contributed by atoms with van der Waals surface area (Å²) in [4.78, 5) is 60.9. The predicted molar refractivity (Wildman–Crippen MR) is 77.5 cm³/mol. The van der Waals surface area contributed by atoms with Crippen molar-refractivity contribution < 1.29 is 19.1 Å². The summed E-state index contributed by atoms with van der Waals surface area (Å²) in [7, 11) is 0. The van der Waals surface area contributed by atoms with E-state index in [1.807, 2.05) is 9.97 Å². The number of carbonyl (C=O) groups excluding carboxylic acids is 2. The SMILES string of the molecule is C=C(C)C(=O)OC(Cn1c(=O)[nH]c(=O)[nH]c1=O)OC(=O)C(=C)C. The van der Waals surface area contributed by atoms with Gasteiger partial charge in [-0.2, -0.15) is 0 Å². The number of nitrogens with one attached hydrogen (secondary N) is 2. The zero-order valence-electron chi connectivity index (χ0n) is 12.5. The molecular weight excluding hydrogens is 310 g/mol. The van der Waals surface area contributed by atoms with Crippen LogP contribution in [0.15, 0.2) is 38.7 Å². The Kier molecular flexibility index (Phi) is 5.60. The van der Waals surface area contributed by atoms with Gasteiger partial charge in [0.05, 0.1) is 0 Å². The first-order valence-electron chi connectivity index (χ1n) is 6.28. The van der Waals surface area contributed by atoms with E-state index < -0.39 is 41.8 Å². The summed E-state index contributed by atoms with van der Waals surface area (Å²) in [5, 5.41) is 0. The zero-order valence-corrected chi connectivity index (χ0v) is 12.5. The van der Waals surface area contributed by atoms with Gasteiger partial charge < -0.3 is 9.47 Å². The molecule has 0 saturated carbocycles. The van der Waals surface area contributed by atoms with Crippen molar-refractivity contribution in [1.82, 2.24) is 14.5 Å². The van der Waals surface area contributed by atoms with Crippen LogP contribution >= 0.6 is 0 Å². The number of ether oxygens (including phenoxy) is 2. The van der Waals surface area contributed by atoms with Gasteiger partial charge in [0.2, 0.25) is 0 Å². The van der Waals surface area contributed by atoms with Gasteiger partial charge in [-0.05, 0) is 13.8 Å². The number of carbonyl (C=O) groups is 2. The van der Waals surface area contributed by atoms with E-state index in [9.17, 15) is 24.0 Å². The van der Waals surface area contributed by atoms with E-state index in [-0.39, 0.29) is 11.1 Å². The van der Waals surface area contributed by atoms with E-state index in [0.717, 1.165) is 0 Å². The third-order valence-electron chi connectivity index (χ3n) is 2.44. The predicted octanol–water partition coefficient (Wildman–Crippen LogP) is -1.21. The van der Waals surface area contributed by atoms with Crippen LogP contribution in [-0.2, 0) is 25.6 Å². The number of aromatic amines is 2. The quantitative estimate of drug-likeness (QED) is 0.380. The molecule has 1 heterocycles. The normalized spacial score (nSPS) is 10.2. The minimum absolute atomic E-state index is 0.0177. The molecule has 0 fully saturated rings. The van der Waals surface area contributed by atoms with Crippen LogP contribution in [-0.4, -0.2) is 32.8 Å². The Bertz CT molecular complexity index is 765. The van der Waals surface area contributed by atoms with Gasteiger partial charge in [-0.3, -0.25) is 9.97 Å². The molecule has 1 aromatic heterocycles. The third kappa shape index (κ3) is 4.95. The van der Waals surface area contributed by atoms with Crippen molar-refractivity contribution >= 4 is 11.9 Å². The maximum absolute atomic E-state index is 11.6. The summed E-state index contributed by atoms with van der Waals surface area (Å²) < 4.78 is 10.2. The molecule has 0 saturated heterocycles. The topological polar surface area (TPSA) is 140 Å². The highest BCUT2D eigenvalue weighted by molar-refractivity contribution is 5.88. The molecule has 2 N–H and O–H groups in total. The van der Waals surface area contributed by atoms with Crippen LogP contribution in [0.1, 0.15) is 13.8 Å². The van der Waals surface area contributed by atoms with Crippen LogP contribution < -0.4 is 17.1 Å². The molecule has 0 aromatic carbocycles. The first kappa shape index (κ1) is 17.9. The fourth-order valence-electron chi connectivity index (χ4n) is 1.31. The van der Waals surface area contributed by atoms with Crippen LogP contribution in [0.3, 0.4) is 0 Å². The summed E-state index contributed by atoms with van der Waals surface area (Å²) in [5.41, 5.74) is -3.07. The second kappa shape index (κ2) is 7.20. The number of nitrogens with zero attached hydrogens (tertiary/aromatic N) is 1. The summed E-state index contributed by atoms with van der Waals surface area (Å²) >= 11 is 0. The Balaban J connectivity index is 3.12. The molecule has 0 aliphatic rings. The Morgan fingerprint density at radius 2 is 1.39 bits per heavy atom. The van der Waals surface area contributed by atoms with E-state index in [4.69, 9.17) is 9.47 Å². The average molecular weight is 325 g/mol. The highest BCUT2D eigenvalue weighted by Gasteiger charge is 2.22. The Hall–Kier alpha value is -3.17. The Morgan fingerprint density at radius 1 is 1.00 bits per heavy atom. The molecule has 0 bridgehead atoms. The second-order valence-electron chi connectivity index (χ2n) is 4.60. The summed E-state index contributed by atoms with van der Waals surface area (Å²) in [5.74, 6) is -1.78. The number of hydrogen-bond donors (Lipinski definition) is 2. The zero-order chi connectivity index (χ0) is 17.7. The molecule has 0 atom stereocenters. The van der Waals surface area contributed by atoms with E-state index in [1.165, 1.54) is 13.8 Å². The lowest BCUT2D eigenvalue weighted by atomic mass is 10.3. The lowest BCUT2D eigenvalue weighted by Gasteiger charge is -2.18. The minimum atomic E-state index is -1.59. The van der Waals surface area contributed by atoms with Crippen molar-refractivity contribution in [3.05, 3.63) is 55.8 Å². The number of H-pyrrole nitrogens is 2. The van der Waals surface area contributed by atoms with Gasteiger partial charge in [0.25, 0.3) is 6.29 Å². The number of esters is 2. The smallest absolute Gasteiger partial charge is 0.336 e. The molecule has 0 aliphatic carbocycles. The molecule has 1 rings (SSSR count). The van der Waals surface area contributed by atoms with Gasteiger partial charge in [-0.15, -0.1) is 0 Å². The van der Waals surface area contributed by atoms with E-state index in [2.05, 4.69) is 13.2 Å². The first-order chi connectivity index (χ1) is 10.6. The largest absolute Gasteiger partial charge is 0.420 e. The summed E-state index contributed by atoms with van der Waals surface area (Å²) in [6.45, 7) is 8.82. The van der Waals surface area contributed by atoms with Crippen LogP contribution in [0.4, 0.5) is 0 Å². The number of hydrogen-bond acceptors (Lipinski definition) is 7. The van der Waals surface area contributed by atoms with Crippen molar-refractivity contribution in [2.24, 2.45) is 0 Å². The highest BCUT2D eigenvalue weighted by atomic mass is 16.7. The number of rotatable bonds is 6. The molecule has 0 aliphatic heterocycles. The monoisotopic (exact) mass is 325 g/mol. The molecule has 0 spiro atoms. The fourth-order valence-corrected chi connectivity index (χ4v) is 1.31. The molecular formula is C13H15N3O7. The maximum atomic E-state index is 11.6. The second-order valence-corrected chi connectivity index (χ2v) is 4.60. The van der Waals surface area contributed by atoms with Crippen molar-refractivity contribution in [3.63, 3.8) is 0 Å². The van der Waals surface area contributed by atoms with Crippen LogP contribution in [0.25, 0.3) is 0 Å². The van der Waals surface area contributed by atoms with E-state index in [1.54, 1.807) is 0 Å². The minimum Gasteiger partial charge on any atom is -0.420 e. The molecule has 0 amide bonds. The molecule has 124 valence electrons. The lowest BCUT2D eigenvalue weighted by Crippen LogP contribution is -2.46. The van der Waals surface area contributed by atoms with Crippen LogP contribution in [0, 0.1) is 0 Å². The Labute approximate surface area is 129 Å². The molecule has 10 heteroatoms. The van der Waals surface area contributed by atoms with Gasteiger partial charge in [-0.1, -0.05) is 13.2 Å². The van der Waals surface area contributed by atoms with Crippen molar-refractivity contribution in [2.75, 3.05) is 0 Å². The van der Waals surface area contributed by atoms with Gasteiger partial charge in [0.1, 0.15) is 6.54 Å². The van der Waals surface area contributed by atoms with Crippen LogP contribution in [0.5, 0.6) is 0 Å². The number of aromatic nitrogens is 3. The average Bonchev–Trinajstić information content (AvgIpc) is 2.41. The molecule has 1 aromatic rings. The Morgan fingerprint density at radius 3 is 1.74 bits per heavy atom. The van der Waals surface area contributed by atoms with Gasteiger partial charge in [0, 0.05) is 11.1 Å². The highest BCUT2D eigenvalue weighted by Crippen LogP contribution is 2.05. The van der Waals surface area contributed by atoms with Gasteiger partial charge in [0.15, 0.2) is 0 Å². The van der Waals surface area contributed by atoms with E-state index in [0.29, 0.717) is 4.57 Å². The van der Waals surface area contributed by atoms with Crippen molar-refractivity contribution in [3.8, 4) is 0 Å². The van der Waals surface area contributed by atoms with E-state index >= 15 is 0 Å². The fraction of sp³-hybridized carbons (Fsp3) is 0.308. The third-order valence-corrected chi connectivity index (χ3v) is 2.44. The molecule has 0 unspecified atom stereocenters. The standard InChI is InChI=1S/C13H15N3O7/c1-6(2)9(17)22-8(23-10(18)7(3)4)5-16-12(20)14-11(19)15-13(16)21/h8H,1,3,5H2,2,4H3,(H2,14,15,19,20,21). The summed E-state index contributed by atoms with van der Waals surface area (Å²) in [6.07, 6.45) is -1.59. The van der Waals surface area contributed by atoms with Crippen molar-refractivity contribution in [2.45, 2.75) is 26.7 Å². The van der Waals surface area contributed by atoms with Crippen molar-refractivity contribution in [1.29, 1.82) is 0 Å². The van der Waals surface area contributed by atoms with Crippen LogP contribution in [0.2, 0.25) is 0 Å². The molecule has 0 radical (unpaired) electrons. The van der Waals surface area contributed by atoms with Gasteiger partial charge in [-0.25, -0.2) is 28.5 Å². The van der Waals surface area contributed by atoms with Gasteiger partial charge >= 0.3 is 29.0 Å². The maximum Gasteiger partial charge on any atom is 0.336 e. The molecule has 10 nitrogen and oxygen atoms in total. The summed E-state index contributed by atoms with van der Waals surface area (Å²) in [6, 6.07) is 0. The first-order valence-corrected chi connectivity index (χ1v) is 6.28.